The maximum atomic E-state index is 6.48. The molecule has 3 heterocycles. The molecule has 2 aromatic heterocycles. The number of rotatable bonds is 4. The summed E-state index contributed by atoms with van der Waals surface area (Å²) in [5.41, 5.74) is 7.64. The molecule has 1 aliphatic heterocycles. The molecule has 0 aliphatic carbocycles. The molecule has 172 valence electrons. The van der Waals surface area contributed by atoms with Crippen molar-refractivity contribution in [3.05, 3.63) is 111 Å². The lowest BCUT2D eigenvalue weighted by Crippen LogP contribution is -2.29. The number of aryl methyl sites for hydroxylation is 1. The highest BCUT2D eigenvalue weighted by Gasteiger charge is 2.42. The molecule has 1 fully saturated rings. The predicted molar refractivity (Wildman–Crippen MR) is 147 cm³/mol. The van der Waals surface area contributed by atoms with Gasteiger partial charge in [-0.3, -0.25) is 4.98 Å². The zero-order valence-electron chi connectivity index (χ0n) is 19.1. The first-order valence-electron chi connectivity index (χ1n) is 11.1. The lowest BCUT2D eigenvalue weighted by molar-refractivity contribution is 0.565. The van der Waals surface area contributed by atoms with E-state index in [1.807, 2.05) is 42.6 Å². The third kappa shape index (κ3) is 3.94. The second kappa shape index (κ2) is 9.17. The first-order valence-corrected chi connectivity index (χ1v) is 12.7. The van der Waals surface area contributed by atoms with Crippen molar-refractivity contribution in [3.8, 4) is 5.69 Å². The number of thiocarbonyl (C=S) groups is 1. The Morgan fingerprint density at radius 2 is 1.76 bits per heavy atom. The SMILES string of the molecule is Cc1c(Cl)cccc1-n1c(C)cc([C@@H]2[C@H](c3ccccn3)NC(=S)N2c2ccc(Br)cc2)c1C. The fourth-order valence-electron chi connectivity index (χ4n) is 4.85. The third-order valence-electron chi connectivity index (χ3n) is 6.47. The molecule has 0 spiro atoms. The normalized spacial score (nSPS) is 17.8. The molecule has 4 aromatic rings. The van der Waals surface area contributed by atoms with Gasteiger partial charge in [0.15, 0.2) is 5.11 Å². The fourth-order valence-corrected chi connectivity index (χ4v) is 5.63. The summed E-state index contributed by atoms with van der Waals surface area (Å²) in [6.45, 7) is 6.36. The van der Waals surface area contributed by atoms with Crippen molar-refractivity contribution in [2.75, 3.05) is 4.90 Å². The Hall–Kier alpha value is -2.67. The van der Waals surface area contributed by atoms with Crippen LogP contribution in [0.25, 0.3) is 5.69 Å². The van der Waals surface area contributed by atoms with E-state index in [4.69, 9.17) is 23.8 Å². The highest BCUT2D eigenvalue weighted by atomic mass is 79.9. The maximum absolute atomic E-state index is 6.48. The van der Waals surface area contributed by atoms with Crippen LogP contribution >= 0.6 is 39.7 Å². The van der Waals surface area contributed by atoms with Crippen LogP contribution in [-0.2, 0) is 0 Å². The molecule has 34 heavy (non-hydrogen) atoms. The van der Waals surface area contributed by atoms with Gasteiger partial charge in [0.2, 0.25) is 0 Å². The van der Waals surface area contributed by atoms with E-state index in [-0.39, 0.29) is 12.1 Å². The van der Waals surface area contributed by atoms with E-state index in [1.165, 1.54) is 5.56 Å². The van der Waals surface area contributed by atoms with Crippen molar-refractivity contribution in [1.82, 2.24) is 14.9 Å². The molecular formula is C27H24BrClN4S. The van der Waals surface area contributed by atoms with Gasteiger partial charge in [-0.2, -0.15) is 0 Å². The van der Waals surface area contributed by atoms with Crippen molar-refractivity contribution in [2.24, 2.45) is 0 Å². The minimum atomic E-state index is -0.0910. The largest absolute Gasteiger partial charge is 0.351 e. The topological polar surface area (TPSA) is 33.1 Å². The second-order valence-corrected chi connectivity index (χ2v) is 10.2. The van der Waals surface area contributed by atoms with E-state index in [0.29, 0.717) is 5.11 Å². The van der Waals surface area contributed by atoms with Gasteiger partial charge in [-0.25, -0.2) is 0 Å². The van der Waals surface area contributed by atoms with E-state index in [2.05, 4.69) is 86.8 Å². The van der Waals surface area contributed by atoms with Gasteiger partial charge in [0.25, 0.3) is 0 Å². The van der Waals surface area contributed by atoms with Gasteiger partial charge < -0.3 is 14.8 Å². The quantitative estimate of drug-likeness (QED) is 0.268. The summed E-state index contributed by atoms with van der Waals surface area (Å²) in [4.78, 5) is 6.88. The third-order valence-corrected chi connectivity index (χ3v) is 7.72. The number of aromatic nitrogens is 2. The molecule has 1 N–H and O–H groups in total. The van der Waals surface area contributed by atoms with Crippen LogP contribution in [0.1, 0.15) is 40.3 Å². The molecule has 1 saturated heterocycles. The molecule has 1 aliphatic rings. The first kappa shape index (κ1) is 23.1. The highest BCUT2D eigenvalue weighted by Crippen LogP contribution is 2.44. The van der Waals surface area contributed by atoms with Crippen LogP contribution in [0.2, 0.25) is 5.02 Å². The Bertz CT molecular complexity index is 1370. The maximum Gasteiger partial charge on any atom is 0.174 e. The molecule has 7 heteroatoms. The first-order chi connectivity index (χ1) is 16.4. The molecule has 0 unspecified atom stereocenters. The molecule has 0 radical (unpaired) electrons. The minimum Gasteiger partial charge on any atom is -0.351 e. The van der Waals surface area contributed by atoms with Gasteiger partial charge in [0, 0.05) is 38.5 Å². The average Bonchev–Trinajstić information content (AvgIpc) is 3.32. The van der Waals surface area contributed by atoms with Crippen LogP contribution in [0, 0.1) is 20.8 Å². The monoisotopic (exact) mass is 550 g/mol. The van der Waals surface area contributed by atoms with E-state index < -0.39 is 0 Å². The van der Waals surface area contributed by atoms with E-state index in [9.17, 15) is 0 Å². The van der Waals surface area contributed by atoms with Crippen LogP contribution in [0.3, 0.4) is 0 Å². The van der Waals surface area contributed by atoms with Gasteiger partial charge in [-0.05, 0) is 98.7 Å². The average molecular weight is 552 g/mol. The van der Waals surface area contributed by atoms with E-state index >= 15 is 0 Å². The minimum absolute atomic E-state index is 0.0667. The molecule has 5 rings (SSSR count). The van der Waals surface area contributed by atoms with Gasteiger partial charge in [-0.15, -0.1) is 0 Å². The molecule has 2 aromatic carbocycles. The predicted octanol–water partition coefficient (Wildman–Crippen LogP) is 7.39. The summed E-state index contributed by atoms with van der Waals surface area (Å²) in [5.74, 6) is 0. The number of pyridine rings is 1. The van der Waals surface area contributed by atoms with Crippen molar-refractivity contribution < 1.29 is 0 Å². The Balaban J connectivity index is 1.70. The summed E-state index contributed by atoms with van der Waals surface area (Å²) in [5, 5.41) is 5.00. The summed E-state index contributed by atoms with van der Waals surface area (Å²) < 4.78 is 3.31. The lowest BCUT2D eigenvalue weighted by Gasteiger charge is -2.28. The lowest BCUT2D eigenvalue weighted by atomic mass is 9.96. The van der Waals surface area contributed by atoms with Crippen LogP contribution in [-0.4, -0.2) is 14.7 Å². The summed E-state index contributed by atoms with van der Waals surface area (Å²) >= 11 is 15.9. The van der Waals surface area contributed by atoms with Crippen LogP contribution < -0.4 is 10.2 Å². The summed E-state index contributed by atoms with van der Waals surface area (Å²) in [7, 11) is 0. The number of benzene rings is 2. The fraction of sp³-hybridized carbons (Fsp3) is 0.185. The number of halogens is 2. The zero-order valence-corrected chi connectivity index (χ0v) is 22.2. The van der Waals surface area contributed by atoms with Gasteiger partial charge in [-0.1, -0.05) is 39.7 Å². The highest BCUT2D eigenvalue weighted by molar-refractivity contribution is 9.10. The Morgan fingerprint density at radius 1 is 1.00 bits per heavy atom. The second-order valence-electron chi connectivity index (χ2n) is 8.52. The van der Waals surface area contributed by atoms with Gasteiger partial charge in [0.05, 0.1) is 17.8 Å². The number of hydrogen-bond acceptors (Lipinski definition) is 2. The van der Waals surface area contributed by atoms with Gasteiger partial charge in [0.1, 0.15) is 0 Å². The number of nitrogens with zero attached hydrogens (tertiary/aromatic N) is 3. The molecule has 0 saturated carbocycles. The Kier molecular flexibility index (Phi) is 6.23. The molecule has 4 nitrogen and oxygen atoms in total. The van der Waals surface area contributed by atoms with Crippen LogP contribution in [0.5, 0.6) is 0 Å². The molecule has 0 amide bonds. The van der Waals surface area contributed by atoms with E-state index in [0.717, 1.165) is 43.5 Å². The van der Waals surface area contributed by atoms with Crippen LogP contribution in [0.15, 0.2) is 77.4 Å². The van der Waals surface area contributed by atoms with Gasteiger partial charge >= 0.3 is 0 Å². The number of hydrogen-bond donors (Lipinski definition) is 1. The summed E-state index contributed by atoms with van der Waals surface area (Å²) in [6.07, 6.45) is 1.83. The Labute approximate surface area is 218 Å². The molecule has 0 bridgehead atoms. The number of anilines is 1. The van der Waals surface area contributed by atoms with Crippen molar-refractivity contribution in [2.45, 2.75) is 32.9 Å². The zero-order chi connectivity index (χ0) is 24.0. The van der Waals surface area contributed by atoms with Crippen LogP contribution in [0.4, 0.5) is 5.69 Å². The molecular weight excluding hydrogens is 528 g/mol. The van der Waals surface area contributed by atoms with Crippen molar-refractivity contribution >= 4 is 50.5 Å². The number of nitrogens with one attached hydrogen (secondary N) is 1. The summed E-state index contributed by atoms with van der Waals surface area (Å²) in [6, 6.07) is 22.4. The Morgan fingerprint density at radius 3 is 2.47 bits per heavy atom. The molecule has 2 atom stereocenters. The van der Waals surface area contributed by atoms with Crippen molar-refractivity contribution in [1.29, 1.82) is 0 Å². The standard InChI is InChI=1S/C27H24BrClN4S/c1-16-15-21(18(3)32(16)24-9-6-7-22(29)17(24)2)26-25(23-8-4-5-14-30-23)31-27(34)33(26)20-12-10-19(28)11-13-20/h4-15,25-26H,1-3H3,(H,31,34)/t25-,26+/m0/s1. The van der Waals surface area contributed by atoms with E-state index in [1.54, 1.807) is 0 Å². The smallest absolute Gasteiger partial charge is 0.174 e. The van der Waals surface area contributed by atoms with Crippen molar-refractivity contribution in [3.63, 3.8) is 0 Å².